The third-order valence-electron chi connectivity index (χ3n) is 0.882. The summed E-state index contributed by atoms with van der Waals surface area (Å²) in [6.45, 7) is 0. The Morgan fingerprint density at radius 1 is 0.583 bits per heavy atom. The summed E-state index contributed by atoms with van der Waals surface area (Å²) in [4.78, 5) is 0. The highest BCUT2D eigenvalue weighted by atomic mass is 19.4. The Kier molecular flexibility index (Phi) is 2.92. The van der Waals surface area contributed by atoms with E-state index in [1.165, 1.54) is 0 Å². The number of rotatable bonds is 1. The van der Waals surface area contributed by atoms with Gasteiger partial charge in [-0.25, -0.2) is 8.78 Å². The van der Waals surface area contributed by atoms with Crippen LogP contribution in [0.4, 0.5) is 35.1 Å². The van der Waals surface area contributed by atoms with Gasteiger partial charge in [0.05, 0.1) is 0 Å². The van der Waals surface area contributed by atoms with Crippen molar-refractivity contribution in [2.24, 2.45) is 0 Å². The van der Waals surface area contributed by atoms with Crippen molar-refractivity contribution < 1.29 is 35.1 Å². The summed E-state index contributed by atoms with van der Waals surface area (Å²) in [5.74, 6) is 0. The Balaban J connectivity index is 4.41. The lowest BCUT2D eigenvalue weighted by Gasteiger charge is -2.18. The summed E-state index contributed by atoms with van der Waals surface area (Å²) in [7, 11) is 0. The van der Waals surface area contributed by atoms with E-state index in [4.69, 9.17) is 0 Å². The summed E-state index contributed by atoms with van der Waals surface area (Å²) in [5, 5.41) is 0. The van der Waals surface area contributed by atoms with Crippen molar-refractivity contribution in [2.75, 3.05) is 0 Å². The largest absolute Gasteiger partial charge is 0.422 e. The second-order valence-corrected chi connectivity index (χ2v) is 1.89. The van der Waals surface area contributed by atoms with E-state index < -0.39 is 24.7 Å². The van der Waals surface area contributed by atoms with Gasteiger partial charge in [0.1, 0.15) is 0 Å². The average Bonchev–Trinajstić information content (AvgIpc) is 1.80. The molecule has 0 amide bonds. The third-order valence-corrected chi connectivity index (χ3v) is 0.882. The quantitative estimate of drug-likeness (QED) is 0.573. The van der Waals surface area contributed by atoms with Crippen LogP contribution < -0.4 is 0 Å². The van der Waals surface area contributed by atoms with Gasteiger partial charge in [0.25, 0.3) is 0 Å². The van der Waals surface area contributed by atoms with E-state index in [0.29, 0.717) is 0 Å². The van der Waals surface area contributed by atoms with Gasteiger partial charge in [0.2, 0.25) is 12.3 Å². The highest BCUT2D eigenvalue weighted by molar-refractivity contribution is 4.80. The molecule has 0 nitrogen and oxygen atoms in total. The molecule has 0 fully saturated rings. The summed E-state index contributed by atoms with van der Waals surface area (Å²) in [5.41, 5.74) is 0. The first-order chi connectivity index (χ1) is 5.07. The Morgan fingerprint density at radius 2 is 0.750 bits per heavy atom. The summed E-state index contributed by atoms with van der Waals surface area (Å²) >= 11 is 0. The molecule has 0 unspecified atom stereocenters. The zero-order valence-electron chi connectivity index (χ0n) is 5.18. The molecule has 0 aliphatic carbocycles. The van der Waals surface area contributed by atoms with Gasteiger partial charge >= 0.3 is 12.4 Å². The maximum Gasteiger partial charge on any atom is 0.422 e. The van der Waals surface area contributed by atoms with Gasteiger partial charge in [-0.2, -0.15) is 26.3 Å². The Morgan fingerprint density at radius 3 is 0.833 bits per heavy atom. The topological polar surface area (TPSA) is 0 Å². The van der Waals surface area contributed by atoms with Crippen LogP contribution in [-0.2, 0) is 0 Å². The van der Waals surface area contributed by atoms with E-state index >= 15 is 0 Å². The minimum atomic E-state index is -5.82. The molecule has 8 heteroatoms. The van der Waals surface area contributed by atoms with Crippen LogP contribution in [0.3, 0.4) is 0 Å². The van der Waals surface area contributed by atoms with Crippen LogP contribution in [0.15, 0.2) is 0 Å². The summed E-state index contributed by atoms with van der Waals surface area (Å²) in [6.07, 6.45) is -20.7. The van der Waals surface area contributed by atoms with Gasteiger partial charge in [-0.3, -0.25) is 0 Å². The molecule has 0 aromatic heterocycles. The Hall–Kier alpha value is -0.560. The van der Waals surface area contributed by atoms with E-state index in [0.717, 1.165) is 0 Å². The molecule has 0 radical (unpaired) electrons. The molecule has 0 aromatic rings. The predicted octanol–water partition coefficient (Wildman–Crippen LogP) is 2.79. The highest BCUT2D eigenvalue weighted by Gasteiger charge is 2.56. The molecule has 0 aromatic carbocycles. The third kappa shape index (κ3) is 2.82. The van der Waals surface area contributed by atoms with Gasteiger partial charge in [0, 0.05) is 0 Å². The molecule has 0 aliphatic rings. The molecule has 0 N–H and O–H groups in total. The minimum Gasteiger partial charge on any atom is -0.234 e. The lowest BCUT2D eigenvalue weighted by atomic mass is 10.2. The highest BCUT2D eigenvalue weighted by Crippen LogP contribution is 2.35. The number of halogens is 8. The van der Waals surface area contributed by atoms with Crippen molar-refractivity contribution in [3.05, 3.63) is 0 Å². The van der Waals surface area contributed by atoms with E-state index in [1.807, 2.05) is 0 Å². The van der Waals surface area contributed by atoms with Crippen LogP contribution in [0.25, 0.3) is 0 Å². The van der Waals surface area contributed by atoms with Crippen LogP contribution in [0.1, 0.15) is 0 Å². The SMILES string of the molecule is F[C@H]([C@H](F)C(F)(F)F)C(F)(F)F. The molecular weight excluding hydrogens is 200 g/mol. The van der Waals surface area contributed by atoms with Crippen LogP contribution in [0.5, 0.6) is 0 Å². The lowest BCUT2D eigenvalue weighted by Crippen LogP contribution is -2.42. The zero-order valence-corrected chi connectivity index (χ0v) is 5.18. The first-order valence-electron chi connectivity index (χ1n) is 2.48. The van der Waals surface area contributed by atoms with Crippen LogP contribution in [0.2, 0.25) is 0 Å². The molecule has 0 aliphatic heterocycles. The Bertz CT molecular complexity index is 124. The molecule has 74 valence electrons. The molecule has 0 saturated heterocycles. The van der Waals surface area contributed by atoms with Gasteiger partial charge in [0.15, 0.2) is 0 Å². The van der Waals surface area contributed by atoms with Gasteiger partial charge in [-0.15, -0.1) is 0 Å². The monoisotopic (exact) mass is 202 g/mol. The van der Waals surface area contributed by atoms with E-state index in [2.05, 4.69) is 0 Å². The fourth-order valence-electron chi connectivity index (χ4n) is 0.332. The first-order valence-corrected chi connectivity index (χ1v) is 2.48. The van der Waals surface area contributed by atoms with Crippen molar-refractivity contribution in [3.8, 4) is 0 Å². The summed E-state index contributed by atoms with van der Waals surface area (Å²) in [6, 6.07) is 0. The van der Waals surface area contributed by atoms with Crippen LogP contribution in [-0.4, -0.2) is 24.7 Å². The molecule has 0 spiro atoms. The zero-order chi connectivity index (χ0) is 10.2. The molecule has 0 bridgehead atoms. The second-order valence-electron chi connectivity index (χ2n) is 1.89. The maximum atomic E-state index is 11.6. The standard InChI is InChI=1S/C4H2F8/c5-1(3(7,8)9)2(6)4(10,11)12/h1-2H/t1-,2+. The van der Waals surface area contributed by atoms with Crippen molar-refractivity contribution in [1.29, 1.82) is 0 Å². The van der Waals surface area contributed by atoms with Crippen LogP contribution in [0, 0.1) is 0 Å². The van der Waals surface area contributed by atoms with Crippen molar-refractivity contribution in [1.82, 2.24) is 0 Å². The van der Waals surface area contributed by atoms with E-state index in [-0.39, 0.29) is 0 Å². The molecule has 2 atom stereocenters. The molecule has 0 rings (SSSR count). The lowest BCUT2D eigenvalue weighted by molar-refractivity contribution is -0.258. The van der Waals surface area contributed by atoms with E-state index in [9.17, 15) is 35.1 Å². The van der Waals surface area contributed by atoms with Gasteiger partial charge in [-0.1, -0.05) is 0 Å². The number of hydrogen-bond acceptors (Lipinski definition) is 0. The average molecular weight is 202 g/mol. The second kappa shape index (κ2) is 3.06. The summed E-state index contributed by atoms with van der Waals surface area (Å²) < 4.78 is 89.8. The van der Waals surface area contributed by atoms with Crippen molar-refractivity contribution >= 4 is 0 Å². The van der Waals surface area contributed by atoms with E-state index in [1.54, 1.807) is 0 Å². The molecular formula is C4H2F8. The predicted molar refractivity (Wildman–Crippen MR) is 21.9 cm³/mol. The smallest absolute Gasteiger partial charge is 0.234 e. The normalized spacial score (nSPS) is 19.0. The molecule has 12 heavy (non-hydrogen) atoms. The van der Waals surface area contributed by atoms with Gasteiger partial charge < -0.3 is 0 Å². The number of hydrogen-bond donors (Lipinski definition) is 0. The fourth-order valence-corrected chi connectivity index (χ4v) is 0.332. The molecule has 0 heterocycles. The maximum absolute atomic E-state index is 11.6. The van der Waals surface area contributed by atoms with Crippen molar-refractivity contribution in [3.63, 3.8) is 0 Å². The Labute approximate surface area is 61.2 Å². The molecule has 0 saturated carbocycles. The van der Waals surface area contributed by atoms with Crippen LogP contribution >= 0.6 is 0 Å². The minimum absolute atomic E-state index is 4.52. The number of alkyl halides is 8. The van der Waals surface area contributed by atoms with Gasteiger partial charge in [-0.05, 0) is 0 Å². The van der Waals surface area contributed by atoms with Crippen molar-refractivity contribution in [2.45, 2.75) is 24.7 Å². The fraction of sp³-hybridized carbons (Fsp3) is 1.00. The first kappa shape index (κ1) is 11.4.